The number of hydrogen-bond acceptors (Lipinski definition) is 7. The maximum atomic E-state index is 10.0. The Morgan fingerprint density at radius 2 is 1.00 bits per heavy atom. The van der Waals surface area contributed by atoms with Crippen LogP contribution in [-0.2, 0) is 28.5 Å². The van der Waals surface area contributed by atoms with Crippen LogP contribution in [0.5, 0.6) is 0 Å². The topological polar surface area (TPSA) is 83.5 Å². The fraction of sp³-hybridized carbons (Fsp3) is 0.929. The van der Waals surface area contributed by atoms with Crippen molar-refractivity contribution in [2.45, 2.75) is 6.42 Å². The van der Waals surface area contributed by atoms with Crippen molar-refractivity contribution in [3.8, 4) is 0 Å². The van der Waals surface area contributed by atoms with Crippen LogP contribution in [-0.4, -0.2) is 89.9 Å². The summed E-state index contributed by atoms with van der Waals surface area (Å²) in [4.78, 5) is 10.0. The fourth-order valence-corrected chi connectivity index (χ4v) is 1.40. The lowest BCUT2D eigenvalue weighted by Crippen LogP contribution is -2.13. The Morgan fingerprint density at radius 1 is 0.682 bits per heavy atom. The number of aliphatic hydroxyl groups excluding tert-OH is 1. The Labute approximate surface area is 141 Å². The van der Waals surface area contributed by atoms with Crippen molar-refractivity contribution < 1.29 is 33.6 Å². The van der Waals surface area contributed by atoms with Gasteiger partial charge in [-0.2, -0.15) is 0 Å². The monoisotopic (exact) mass is 388 g/mol. The highest BCUT2D eigenvalue weighted by Gasteiger charge is 1.93. The molecule has 0 aliphatic heterocycles. The van der Waals surface area contributed by atoms with Crippen LogP contribution in [0.15, 0.2) is 0 Å². The summed E-state index contributed by atoms with van der Waals surface area (Å²) in [5, 5.41) is 7.85. The number of rotatable bonds is 17. The first-order chi connectivity index (χ1) is 10.9. The fourth-order valence-electron chi connectivity index (χ4n) is 1.17. The molecular formula is C14H29BrO7. The van der Waals surface area contributed by atoms with Gasteiger partial charge in [-0.15, -0.1) is 0 Å². The molecule has 134 valence electrons. The zero-order valence-electron chi connectivity index (χ0n) is 13.3. The molecule has 1 N–H and O–H groups in total. The summed E-state index contributed by atoms with van der Waals surface area (Å²) in [6.07, 6.45) is 1.27. The Bertz CT molecular complexity index is 196. The van der Waals surface area contributed by atoms with Crippen molar-refractivity contribution >= 4 is 22.2 Å². The summed E-state index contributed by atoms with van der Waals surface area (Å²) in [5.41, 5.74) is 0. The first-order valence-corrected chi connectivity index (χ1v) is 8.37. The molecular weight excluding hydrogens is 360 g/mol. The minimum atomic E-state index is 0.435. The zero-order valence-corrected chi connectivity index (χ0v) is 14.9. The third kappa shape index (κ3) is 24.9. The van der Waals surface area contributed by atoms with Gasteiger partial charge in [-0.1, -0.05) is 15.9 Å². The summed E-state index contributed by atoms with van der Waals surface area (Å²) in [6.45, 7) is 5.57. The maximum Gasteiger partial charge on any atom is 0.122 e. The molecule has 0 saturated heterocycles. The molecule has 0 heterocycles. The van der Waals surface area contributed by atoms with Crippen LogP contribution in [0.1, 0.15) is 6.42 Å². The van der Waals surface area contributed by atoms with E-state index in [0.29, 0.717) is 72.5 Å². The van der Waals surface area contributed by atoms with Crippen molar-refractivity contribution in [1.82, 2.24) is 0 Å². The third-order valence-electron chi connectivity index (χ3n) is 2.09. The Morgan fingerprint density at radius 3 is 1.32 bits per heavy atom. The molecule has 0 rings (SSSR count). The van der Waals surface area contributed by atoms with Gasteiger partial charge in [0.2, 0.25) is 0 Å². The van der Waals surface area contributed by atoms with Gasteiger partial charge >= 0.3 is 0 Å². The number of carbonyl (C=O) groups excluding carboxylic acids is 1. The van der Waals surface area contributed by atoms with Gasteiger partial charge in [0, 0.05) is 18.9 Å². The molecule has 8 heteroatoms. The lowest BCUT2D eigenvalue weighted by Gasteiger charge is -2.07. The van der Waals surface area contributed by atoms with E-state index in [4.69, 9.17) is 28.8 Å². The average molecular weight is 389 g/mol. The molecule has 7 nitrogen and oxygen atoms in total. The largest absolute Gasteiger partial charge is 0.400 e. The molecule has 0 bridgehead atoms. The second-order valence-corrected chi connectivity index (χ2v) is 4.50. The van der Waals surface area contributed by atoms with Gasteiger partial charge in [0.25, 0.3) is 0 Å². The molecule has 0 atom stereocenters. The molecule has 0 unspecified atom stereocenters. The number of hydrogen-bond donors (Lipinski definition) is 1. The Kier molecular flexibility index (Phi) is 28.4. The smallest absolute Gasteiger partial charge is 0.122 e. The molecule has 0 fully saturated rings. The highest BCUT2D eigenvalue weighted by molar-refractivity contribution is 9.09. The van der Waals surface area contributed by atoms with Crippen LogP contribution < -0.4 is 0 Å². The van der Waals surface area contributed by atoms with Crippen molar-refractivity contribution in [2.24, 2.45) is 0 Å². The van der Waals surface area contributed by atoms with Gasteiger partial charge in [0.05, 0.1) is 66.1 Å². The van der Waals surface area contributed by atoms with Gasteiger partial charge in [0.1, 0.15) is 6.29 Å². The number of halogens is 1. The number of alkyl halides is 1. The van der Waals surface area contributed by atoms with Crippen LogP contribution in [0.25, 0.3) is 0 Å². The predicted octanol–water partition coefficient (Wildman–Crippen LogP) is 0.662. The lowest BCUT2D eigenvalue weighted by atomic mass is 10.5. The van der Waals surface area contributed by atoms with Gasteiger partial charge in [-0.25, -0.2) is 0 Å². The number of ether oxygens (including phenoxy) is 5. The number of carbonyl (C=O) groups is 1. The van der Waals surface area contributed by atoms with E-state index < -0.39 is 0 Å². The molecule has 0 amide bonds. The SMILES string of the molecule is CO.O=CCCOCCOCCOCCOCCOCCBr. The van der Waals surface area contributed by atoms with Crippen LogP contribution >= 0.6 is 15.9 Å². The van der Waals surface area contributed by atoms with Gasteiger partial charge in [-0.05, 0) is 0 Å². The third-order valence-corrected chi connectivity index (χ3v) is 2.41. The van der Waals surface area contributed by atoms with Crippen LogP contribution in [0, 0.1) is 0 Å². The normalized spacial score (nSPS) is 10.1. The number of aliphatic hydroxyl groups is 1. The van der Waals surface area contributed by atoms with E-state index in [1.807, 2.05) is 0 Å². The van der Waals surface area contributed by atoms with Crippen molar-refractivity contribution in [2.75, 3.05) is 78.5 Å². The quantitative estimate of drug-likeness (QED) is 0.222. The van der Waals surface area contributed by atoms with Crippen LogP contribution in [0.3, 0.4) is 0 Å². The van der Waals surface area contributed by atoms with Gasteiger partial charge in [0.15, 0.2) is 0 Å². The summed E-state index contributed by atoms with van der Waals surface area (Å²) in [7, 11) is 1.00. The highest BCUT2D eigenvalue weighted by atomic mass is 79.9. The van der Waals surface area contributed by atoms with E-state index in [9.17, 15) is 4.79 Å². The molecule has 0 aromatic carbocycles. The van der Waals surface area contributed by atoms with E-state index in [2.05, 4.69) is 15.9 Å². The second kappa shape index (κ2) is 25.8. The highest BCUT2D eigenvalue weighted by Crippen LogP contribution is 1.85. The average Bonchev–Trinajstić information content (AvgIpc) is 2.56. The predicted molar refractivity (Wildman–Crippen MR) is 86.7 cm³/mol. The van der Waals surface area contributed by atoms with E-state index in [0.717, 1.165) is 18.7 Å². The molecule has 0 aliphatic carbocycles. The van der Waals surface area contributed by atoms with E-state index >= 15 is 0 Å². The molecule has 0 aromatic rings. The van der Waals surface area contributed by atoms with E-state index in [1.165, 1.54) is 0 Å². The molecule has 0 radical (unpaired) electrons. The van der Waals surface area contributed by atoms with Crippen LogP contribution in [0.2, 0.25) is 0 Å². The van der Waals surface area contributed by atoms with Gasteiger partial charge < -0.3 is 33.6 Å². The summed E-state index contributed by atoms with van der Waals surface area (Å²) in [5.74, 6) is 0. The lowest BCUT2D eigenvalue weighted by molar-refractivity contribution is -0.108. The first kappa shape index (κ1) is 24.2. The van der Waals surface area contributed by atoms with Gasteiger partial charge in [-0.3, -0.25) is 0 Å². The standard InChI is InChI=1S/C13H25BrO6.CH4O/c14-2-5-17-7-9-19-11-13-20-12-10-18-8-6-16-4-1-3-15;1-2/h3H,1-2,4-13H2;2H,1H3. The van der Waals surface area contributed by atoms with E-state index in [-0.39, 0.29) is 0 Å². The van der Waals surface area contributed by atoms with Crippen molar-refractivity contribution in [1.29, 1.82) is 0 Å². The second-order valence-electron chi connectivity index (χ2n) is 3.71. The molecule has 0 aromatic heterocycles. The number of aldehydes is 1. The van der Waals surface area contributed by atoms with Crippen molar-refractivity contribution in [3.05, 3.63) is 0 Å². The molecule has 0 saturated carbocycles. The minimum absolute atomic E-state index is 0.435. The molecule has 22 heavy (non-hydrogen) atoms. The Hall–Kier alpha value is -0.0900. The molecule has 0 aliphatic rings. The Balaban J connectivity index is 0. The zero-order chi connectivity index (χ0) is 16.7. The summed E-state index contributed by atoms with van der Waals surface area (Å²) >= 11 is 3.27. The van der Waals surface area contributed by atoms with Crippen molar-refractivity contribution in [3.63, 3.8) is 0 Å². The minimum Gasteiger partial charge on any atom is -0.400 e. The van der Waals surface area contributed by atoms with Crippen LogP contribution in [0.4, 0.5) is 0 Å². The summed E-state index contributed by atoms with van der Waals surface area (Å²) in [6, 6.07) is 0. The maximum absolute atomic E-state index is 10.0. The first-order valence-electron chi connectivity index (χ1n) is 7.25. The molecule has 0 spiro atoms. The summed E-state index contributed by atoms with van der Waals surface area (Å²) < 4.78 is 26.3. The van der Waals surface area contributed by atoms with E-state index in [1.54, 1.807) is 0 Å².